The molecule has 1 heterocycles. The lowest BCUT2D eigenvalue weighted by Crippen LogP contribution is -2.23. The molecule has 2 atom stereocenters. The van der Waals surface area contributed by atoms with E-state index in [2.05, 4.69) is 15.3 Å². The molecule has 0 amide bonds. The quantitative estimate of drug-likeness (QED) is 0.494. The van der Waals surface area contributed by atoms with E-state index in [0.29, 0.717) is 5.75 Å². The van der Waals surface area contributed by atoms with Crippen molar-refractivity contribution in [1.82, 2.24) is 9.97 Å². The van der Waals surface area contributed by atoms with Crippen LogP contribution in [0.3, 0.4) is 0 Å². The summed E-state index contributed by atoms with van der Waals surface area (Å²) in [7, 11) is -1.00. The van der Waals surface area contributed by atoms with Gasteiger partial charge in [0, 0.05) is 28.9 Å². The van der Waals surface area contributed by atoms with Gasteiger partial charge in [0.05, 0.1) is 4.92 Å². The van der Waals surface area contributed by atoms with Crippen molar-refractivity contribution in [3.05, 3.63) is 21.6 Å². The normalized spacial score (nSPS) is 14.1. The van der Waals surface area contributed by atoms with Gasteiger partial charge in [-0.1, -0.05) is 0 Å². The molecule has 94 valence electrons. The minimum absolute atomic E-state index is 0.0351. The Balaban J connectivity index is 2.92. The zero-order valence-electron chi connectivity index (χ0n) is 9.21. The van der Waals surface area contributed by atoms with Gasteiger partial charge in [-0.25, -0.2) is 4.98 Å². The van der Waals surface area contributed by atoms with Crippen molar-refractivity contribution in [2.45, 2.75) is 13.0 Å². The van der Waals surface area contributed by atoms with Gasteiger partial charge in [-0.3, -0.25) is 14.3 Å². The highest BCUT2D eigenvalue weighted by Crippen LogP contribution is 2.22. The second-order valence-corrected chi connectivity index (χ2v) is 5.23. The summed E-state index contributed by atoms with van der Waals surface area (Å²) in [6.07, 6.45) is 2.59. The van der Waals surface area contributed by atoms with Crippen LogP contribution in [0.4, 0.5) is 11.5 Å². The van der Waals surface area contributed by atoms with Crippen LogP contribution in [0.5, 0.6) is 0 Å². The molecule has 0 aromatic carbocycles. The molecule has 1 N–H and O–H groups in total. The number of nitro groups is 1. The molecule has 1 aromatic rings. The Morgan fingerprint density at radius 3 is 2.88 bits per heavy atom. The Morgan fingerprint density at radius 1 is 1.71 bits per heavy atom. The van der Waals surface area contributed by atoms with Gasteiger partial charge in [0.25, 0.3) is 0 Å². The zero-order valence-corrected chi connectivity index (χ0v) is 10.8. The molecule has 7 nitrogen and oxygen atoms in total. The molecule has 0 saturated carbocycles. The summed E-state index contributed by atoms with van der Waals surface area (Å²) in [5, 5.41) is 13.4. The average Bonchev–Trinajstić information content (AvgIpc) is 2.15. The zero-order chi connectivity index (χ0) is 13.0. The standard InChI is InChI=1S/C8H11ClN4O3S/c1-5(4-17(2)16)11-7-6(13(14)15)3-10-8(9)12-7/h3,5H,4H2,1-2H3,(H,10,11,12). The number of anilines is 1. The fourth-order valence-corrected chi connectivity index (χ4v) is 2.14. The Kier molecular flexibility index (Phi) is 4.76. The Hall–Kier alpha value is -1.28. The summed E-state index contributed by atoms with van der Waals surface area (Å²) in [4.78, 5) is 17.4. The van der Waals surface area contributed by atoms with Crippen LogP contribution in [0.2, 0.25) is 5.28 Å². The van der Waals surface area contributed by atoms with Crippen LogP contribution >= 0.6 is 11.6 Å². The fourth-order valence-electron chi connectivity index (χ4n) is 1.22. The summed E-state index contributed by atoms with van der Waals surface area (Å²) in [5.74, 6) is 0.395. The second kappa shape index (κ2) is 5.87. The van der Waals surface area contributed by atoms with Crippen LogP contribution in [0.1, 0.15) is 6.92 Å². The van der Waals surface area contributed by atoms with E-state index in [-0.39, 0.29) is 22.8 Å². The van der Waals surface area contributed by atoms with Crippen LogP contribution in [0, 0.1) is 10.1 Å². The largest absolute Gasteiger partial charge is 0.361 e. The summed E-state index contributed by atoms with van der Waals surface area (Å²) >= 11 is 5.57. The van der Waals surface area contributed by atoms with Crippen LogP contribution in [-0.2, 0) is 10.8 Å². The molecule has 0 aliphatic rings. The van der Waals surface area contributed by atoms with E-state index < -0.39 is 15.7 Å². The first-order valence-electron chi connectivity index (χ1n) is 4.63. The van der Waals surface area contributed by atoms with Crippen molar-refractivity contribution in [3.8, 4) is 0 Å². The van der Waals surface area contributed by atoms with Crippen LogP contribution in [-0.4, -0.2) is 37.2 Å². The van der Waals surface area contributed by atoms with E-state index in [0.717, 1.165) is 6.20 Å². The minimum atomic E-state index is -1.00. The first-order chi connectivity index (χ1) is 7.90. The number of nitrogens with one attached hydrogen (secondary N) is 1. The van der Waals surface area contributed by atoms with E-state index >= 15 is 0 Å². The highest BCUT2D eigenvalue weighted by molar-refractivity contribution is 7.84. The molecular weight excluding hydrogens is 268 g/mol. The van der Waals surface area contributed by atoms with Crippen molar-refractivity contribution in [2.75, 3.05) is 17.3 Å². The molecule has 1 aromatic heterocycles. The van der Waals surface area contributed by atoms with E-state index in [1.807, 2.05) is 0 Å². The van der Waals surface area contributed by atoms with E-state index in [9.17, 15) is 14.3 Å². The average molecular weight is 279 g/mol. The molecule has 9 heteroatoms. The number of hydrogen-bond donors (Lipinski definition) is 1. The predicted octanol–water partition coefficient (Wildman–Crippen LogP) is 1.22. The summed E-state index contributed by atoms with van der Waals surface area (Å²) in [6.45, 7) is 1.75. The Labute approximate surface area is 105 Å². The van der Waals surface area contributed by atoms with E-state index in [4.69, 9.17) is 11.6 Å². The second-order valence-electron chi connectivity index (χ2n) is 3.42. The smallest absolute Gasteiger partial charge is 0.329 e. The molecular formula is C8H11ClN4O3S. The summed E-state index contributed by atoms with van der Waals surface area (Å²) in [5.41, 5.74) is -0.261. The molecule has 0 aliphatic heterocycles. The first kappa shape index (κ1) is 13.8. The van der Waals surface area contributed by atoms with Crippen LogP contribution < -0.4 is 5.32 Å². The summed E-state index contributed by atoms with van der Waals surface area (Å²) in [6, 6.07) is -0.217. The van der Waals surface area contributed by atoms with Gasteiger partial charge < -0.3 is 5.32 Å². The first-order valence-corrected chi connectivity index (χ1v) is 6.74. The van der Waals surface area contributed by atoms with Crippen molar-refractivity contribution in [1.29, 1.82) is 0 Å². The van der Waals surface area contributed by atoms with Gasteiger partial charge in [-0.05, 0) is 18.5 Å². The molecule has 0 fully saturated rings. The topological polar surface area (TPSA) is 98.0 Å². The molecule has 0 aliphatic carbocycles. The van der Waals surface area contributed by atoms with E-state index in [1.165, 1.54) is 0 Å². The highest BCUT2D eigenvalue weighted by atomic mass is 35.5. The van der Waals surface area contributed by atoms with Gasteiger partial charge in [0.1, 0.15) is 6.20 Å². The molecule has 0 saturated heterocycles. The number of hydrogen-bond acceptors (Lipinski definition) is 6. The van der Waals surface area contributed by atoms with E-state index in [1.54, 1.807) is 13.2 Å². The molecule has 1 rings (SSSR count). The predicted molar refractivity (Wildman–Crippen MR) is 65.7 cm³/mol. The molecule has 17 heavy (non-hydrogen) atoms. The van der Waals surface area contributed by atoms with Crippen LogP contribution in [0.15, 0.2) is 6.20 Å². The molecule has 2 unspecified atom stereocenters. The number of nitrogens with zero attached hydrogens (tertiary/aromatic N) is 3. The third kappa shape index (κ3) is 4.23. The van der Waals surface area contributed by atoms with Crippen LogP contribution in [0.25, 0.3) is 0 Å². The van der Waals surface area contributed by atoms with Gasteiger partial charge >= 0.3 is 5.69 Å². The highest BCUT2D eigenvalue weighted by Gasteiger charge is 2.18. The monoisotopic (exact) mass is 278 g/mol. The fraction of sp³-hybridized carbons (Fsp3) is 0.500. The maximum Gasteiger partial charge on any atom is 0.329 e. The lowest BCUT2D eigenvalue weighted by atomic mass is 10.3. The maximum absolute atomic E-state index is 11.0. The number of rotatable bonds is 5. The van der Waals surface area contributed by atoms with Crippen molar-refractivity contribution < 1.29 is 9.13 Å². The SMILES string of the molecule is CC(CS(C)=O)Nc1nc(Cl)ncc1[N+](=O)[O-]. The van der Waals surface area contributed by atoms with Gasteiger partial charge in [-0.2, -0.15) is 4.98 Å². The van der Waals surface area contributed by atoms with Crippen molar-refractivity contribution >= 4 is 33.9 Å². The molecule has 0 radical (unpaired) electrons. The third-order valence-corrected chi connectivity index (χ3v) is 2.96. The van der Waals surface area contributed by atoms with Crippen molar-refractivity contribution in [3.63, 3.8) is 0 Å². The maximum atomic E-state index is 11.0. The van der Waals surface area contributed by atoms with Gasteiger partial charge in [0.15, 0.2) is 0 Å². The minimum Gasteiger partial charge on any atom is -0.361 e. The Bertz CT molecular complexity index is 456. The lowest BCUT2D eigenvalue weighted by molar-refractivity contribution is -0.384. The third-order valence-electron chi connectivity index (χ3n) is 1.80. The Morgan fingerprint density at radius 2 is 2.35 bits per heavy atom. The number of aromatic nitrogens is 2. The molecule has 0 bridgehead atoms. The van der Waals surface area contributed by atoms with Gasteiger partial charge in [-0.15, -0.1) is 0 Å². The van der Waals surface area contributed by atoms with Crippen molar-refractivity contribution in [2.24, 2.45) is 0 Å². The lowest BCUT2D eigenvalue weighted by Gasteiger charge is -2.12. The summed E-state index contributed by atoms with van der Waals surface area (Å²) < 4.78 is 11.0. The molecule has 0 spiro atoms. The number of halogens is 1. The van der Waals surface area contributed by atoms with Gasteiger partial charge in [0.2, 0.25) is 11.1 Å².